The minimum Gasteiger partial charge on any atom is -0.310 e. The van der Waals surface area contributed by atoms with Gasteiger partial charge in [0.15, 0.2) is 0 Å². The molecule has 0 spiro atoms. The van der Waals surface area contributed by atoms with E-state index in [1.54, 1.807) is 17.4 Å². The van der Waals surface area contributed by atoms with Crippen LogP contribution in [0.25, 0.3) is 30.8 Å². The predicted octanol–water partition coefficient (Wildman–Crippen LogP) is 10.2. The highest BCUT2D eigenvalue weighted by Gasteiger charge is 2.40. The van der Waals surface area contributed by atoms with E-state index in [-0.39, 0.29) is 18.5 Å². The molecule has 0 aliphatic heterocycles. The van der Waals surface area contributed by atoms with Crippen molar-refractivity contribution in [1.29, 1.82) is 5.26 Å². The van der Waals surface area contributed by atoms with E-state index in [9.17, 15) is 5.26 Å². The van der Waals surface area contributed by atoms with Gasteiger partial charge in [0.05, 0.1) is 17.3 Å². The molecule has 0 amide bonds. The van der Waals surface area contributed by atoms with Crippen molar-refractivity contribution in [2.75, 3.05) is 4.90 Å². The molecule has 3 aromatic carbocycles. The lowest BCUT2D eigenvalue weighted by Crippen LogP contribution is -2.16. The van der Waals surface area contributed by atoms with Crippen molar-refractivity contribution in [3.63, 3.8) is 0 Å². The molecule has 180 valence electrons. The maximum Gasteiger partial charge on any atom is 0.263 e. The Kier molecular flexibility index (Phi) is 6.21. The van der Waals surface area contributed by atoms with E-state index < -0.39 is 0 Å². The molecule has 0 N–H and O–H groups in total. The van der Waals surface area contributed by atoms with Crippen LogP contribution in [-0.2, 0) is 5.41 Å². The molecule has 1 aliphatic carbocycles. The van der Waals surface area contributed by atoms with Gasteiger partial charge in [-0.25, -0.2) is 10.1 Å². The fourth-order valence-corrected chi connectivity index (χ4v) is 8.02. The number of rotatable bonds is 4. The molecule has 0 fully saturated rings. The summed E-state index contributed by atoms with van der Waals surface area (Å²) in [7, 11) is 0. The van der Waals surface area contributed by atoms with Gasteiger partial charge in [0.1, 0.15) is 0 Å². The summed E-state index contributed by atoms with van der Waals surface area (Å²) in [6.45, 7) is 11.8. The highest BCUT2D eigenvalue weighted by Crippen LogP contribution is 2.58. The number of nitrogens with zero attached hydrogens (tertiary/aromatic N) is 3. The van der Waals surface area contributed by atoms with Crippen molar-refractivity contribution in [2.24, 2.45) is 0 Å². The molecule has 2 heterocycles. The molecule has 3 nitrogen and oxygen atoms in total. The zero-order valence-electron chi connectivity index (χ0n) is 19.8. The minimum atomic E-state index is -0.165. The number of hydrogen-bond acceptors (Lipinski definition) is 4. The monoisotopic (exact) mass is 515 g/mol. The molecular weight excluding hydrogens is 491 g/mol. The maximum atomic E-state index is 9.18. The van der Waals surface area contributed by atoms with Crippen LogP contribution in [0, 0.1) is 17.9 Å². The van der Waals surface area contributed by atoms with Gasteiger partial charge < -0.3 is 4.90 Å². The van der Waals surface area contributed by atoms with Gasteiger partial charge in [0.2, 0.25) is 0 Å². The van der Waals surface area contributed by atoms with Crippen molar-refractivity contribution in [2.45, 2.75) is 26.7 Å². The summed E-state index contributed by atoms with van der Waals surface area (Å²) in [5, 5.41) is 9.18. The highest BCUT2D eigenvalue weighted by atomic mass is 32.1. The van der Waals surface area contributed by atoms with E-state index >= 15 is 0 Å². The summed E-state index contributed by atoms with van der Waals surface area (Å²) in [4.78, 5) is 7.91. The summed E-state index contributed by atoms with van der Waals surface area (Å²) in [6, 6.07) is 31.9. The van der Waals surface area contributed by atoms with Crippen LogP contribution >= 0.6 is 22.7 Å². The summed E-state index contributed by atoms with van der Waals surface area (Å²) >= 11 is 3.48. The number of anilines is 3. The summed E-state index contributed by atoms with van der Waals surface area (Å²) in [6.07, 6.45) is 1.70. The predicted molar refractivity (Wildman–Crippen MR) is 159 cm³/mol. The number of hydrogen-bond donors (Lipinski definition) is 0. The highest BCUT2D eigenvalue weighted by molar-refractivity contribution is 7.30. The van der Waals surface area contributed by atoms with E-state index in [4.69, 9.17) is 6.57 Å². The Morgan fingerprint density at radius 3 is 2.16 bits per heavy atom. The van der Waals surface area contributed by atoms with Crippen LogP contribution in [0.3, 0.4) is 0 Å². The lowest BCUT2D eigenvalue weighted by Gasteiger charge is -2.28. The average molecular weight is 516 g/mol. The fourth-order valence-electron chi connectivity index (χ4n) is 5.08. The number of nitriles is 1. The molecule has 0 unspecified atom stereocenters. The molecule has 0 saturated heterocycles. The SMILES string of the molecule is C.[C-]#[N+]/C(C#N)=C\c1cc2sc3c(c2s1)C(C)(C)c1cc(N(c2ccccc2)c2ccccc2)ccc1-3. The molecule has 5 aromatic rings. The van der Waals surface area contributed by atoms with Crippen LogP contribution in [0.1, 0.15) is 37.3 Å². The Morgan fingerprint density at radius 2 is 1.57 bits per heavy atom. The van der Waals surface area contributed by atoms with E-state index in [1.807, 2.05) is 29.5 Å². The number of allylic oxidation sites excluding steroid dienone is 1. The summed E-state index contributed by atoms with van der Waals surface area (Å²) in [5.41, 5.74) is 7.31. The van der Waals surface area contributed by atoms with Crippen LogP contribution in [0.2, 0.25) is 0 Å². The second-order valence-electron chi connectivity index (χ2n) is 9.26. The third-order valence-corrected chi connectivity index (χ3v) is 9.13. The third-order valence-electron chi connectivity index (χ3n) is 6.73. The zero-order chi connectivity index (χ0) is 24.9. The van der Waals surface area contributed by atoms with Gasteiger partial charge in [-0.15, -0.1) is 22.7 Å². The maximum absolute atomic E-state index is 9.18. The fraction of sp³-hybridized carbons (Fsp3) is 0.125. The molecule has 0 saturated carbocycles. The van der Waals surface area contributed by atoms with Crippen molar-refractivity contribution < 1.29 is 0 Å². The molecular formula is C32H25N3S2. The minimum absolute atomic E-state index is 0. The van der Waals surface area contributed by atoms with Gasteiger partial charge >= 0.3 is 0 Å². The number of para-hydroxylation sites is 2. The average Bonchev–Trinajstić information content (AvgIpc) is 3.52. The smallest absolute Gasteiger partial charge is 0.263 e. The summed E-state index contributed by atoms with van der Waals surface area (Å²) < 4.78 is 2.48. The lowest BCUT2D eigenvalue weighted by atomic mass is 9.82. The second-order valence-corrected chi connectivity index (χ2v) is 11.4. The quantitative estimate of drug-likeness (QED) is 0.176. The first-order valence-electron chi connectivity index (χ1n) is 11.6. The van der Waals surface area contributed by atoms with Crippen molar-refractivity contribution in [3.8, 4) is 16.5 Å². The van der Waals surface area contributed by atoms with E-state index in [2.05, 4.69) is 96.4 Å². The van der Waals surface area contributed by atoms with Crippen molar-refractivity contribution in [1.82, 2.24) is 0 Å². The van der Waals surface area contributed by atoms with Gasteiger partial charge in [-0.3, -0.25) is 0 Å². The Hall–Kier alpha value is -4.16. The van der Waals surface area contributed by atoms with Crippen LogP contribution in [0.15, 0.2) is 90.6 Å². The van der Waals surface area contributed by atoms with E-state index in [0.29, 0.717) is 0 Å². The second kappa shape index (κ2) is 9.37. The molecule has 0 bridgehead atoms. The molecule has 0 atom stereocenters. The standard InChI is InChI=1S/C31H21N3S2.CH4/c1-31(2)26-17-23(34(21-10-6-4-7-11-21)22-12-8-5-9-13-22)14-15-25(26)29-28(31)30-27(36-29)18-24(35-30)16-20(19-32)33-3;/h4-18H,1-2H3;1H4/b20-16-;. The van der Waals surface area contributed by atoms with Crippen LogP contribution in [0.5, 0.6) is 0 Å². The van der Waals surface area contributed by atoms with Gasteiger partial charge in [0, 0.05) is 36.9 Å². The Bertz CT molecular complexity index is 1670. The van der Waals surface area contributed by atoms with E-state index in [1.165, 1.54) is 31.0 Å². The summed E-state index contributed by atoms with van der Waals surface area (Å²) in [5.74, 6) is 0. The van der Waals surface area contributed by atoms with Crippen LogP contribution in [0.4, 0.5) is 17.1 Å². The van der Waals surface area contributed by atoms with Crippen LogP contribution < -0.4 is 4.90 Å². The Morgan fingerprint density at radius 1 is 0.919 bits per heavy atom. The van der Waals surface area contributed by atoms with Crippen molar-refractivity contribution >= 4 is 55.2 Å². The molecule has 5 heteroatoms. The Balaban J connectivity index is 0.00000280. The van der Waals surface area contributed by atoms with Gasteiger partial charge in [-0.1, -0.05) is 63.7 Å². The Labute approximate surface area is 226 Å². The van der Waals surface area contributed by atoms with Crippen LogP contribution in [-0.4, -0.2) is 0 Å². The molecule has 37 heavy (non-hydrogen) atoms. The van der Waals surface area contributed by atoms with Crippen molar-refractivity contribution in [3.05, 3.63) is 118 Å². The topological polar surface area (TPSA) is 31.4 Å². The molecule has 1 aliphatic rings. The molecule has 0 radical (unpaired) electrons. The number of benzene rings is 3. The third kappa shape index (κ3) is 3.94. The molecule has 6 rings (SSSR count). The van der Waals surface area contributed by atoms with Gasteiger partial charge in [-0.2, -0.15) is 0 Å². The van der Waals surface area contributed by atoms with Gasteiger partial charge in [0.25, 0.3) is 5.70 Å². The molecule has 2 aromatic heterocycles. The number of fused-ring (bicyclic) bond motifs is 5. The first kappa shape index (κ1) is 24.5. The first-order chi connectivity index (χ1) is 17.5. The van der Waals surface area contributed by atoms with Gasteiger partial charge in [-0.05, 0) is 65.2 Å². The first-order valence-corrected chi connectivity index (χ1v) is 13.3. The normalized spacial score (nSPS) is 13.2. The van der Waals surface area contributed by atoms with E-state index in [0.717, 1.165) is 21.9 Å². The number of thiophene rings is 2. The lowest BCUT2D eigenvalue weighted by molar-refractivity contribution is 0.668. The zero-order valence-corrected chi connectivity index (χ0v) is 21.5. The largest absolute Gasteiger partial charge is 0.310 e.